The summed E-state index contributed by atoms with van der Waals surface area (Å²) in [7, 11) is 1.64. The van der Waals surface area contributed by atoms with Crippen molar-refractivity contribution in [3.8, 4) is 11.8 Å². The molecule has 25 heteroatoms. The van der Waals surface area contributed by atoms with Crippen molar-refractivity contribution in [2.75, 3.05) is 237 Å². The number of amides is 2. The highest BCUT2D eigenvalue weighted by Crippen LogP contribution is 2.16. The molecule has 1 aromatic rings. The zero-order valence-electron chi connectivity index (χ0n) is 45.8. The second kappa shape index (κ2) is 55.6. The van der Waals surface area contributed by atoms with Crippen molar-refractivity contribution in [3.63, 3.8) is 0 Å². The molecule has 5 N–H and O–H groups in total. The molecule has 2 amide bonds. The molecule has 0 saturated carbocycles. The fourth-order valence-corrected chi connectivity index (χ4v) is 5.94. The van der Waals surface area contributed by atoms with Gasteiger partial charge in [-0.25, -0.2) is 4.79 Å². The number of carbonyl (C=O) groups excluding carboxylic acids is 2. The van der Waals surface area contributed by atoms with Gasteiger partial charge in [0.2, 0.25) is 5.91 Å². The highest BCUT2D eigenvalue weighted by Gasteiger charge is 2.26. The third kappa shape index (κ3) is 46.9. The predicted molar refractivity (Wildman–Crippen MR) is 280 cm³/mol. The van der Waals surface area contributed by atoms with Crippen LogP contribution in [0.2, 0.25) is 0 Å². The second-order valence-corrected chi connectivity index (χ2v) is 16.4. The highest BCUT2D eigenvalue weighted by molar-refractivity contribution is 5.87. The van der Waals surface area contributed by atoms with Gasteiger partial charge in [-0.15, -0.1) is 0 Å². The molecule has 0 radical (unpaired) electrons. The van der Waals surface area contributed by atoms with Crippen LogP contribution in [0.4, 0.5) is 10.5 Å². The number of ether oxygens (including phenoxy) is 17. The molecule has 0 aliphatic rings. The average Bonchev–Trinajstić information content (AvgIpc) is 3.42. The van der Waals surface area contributed by atoms with E-state index < -0.39 is 24.1 Å². The molecule has 0 aliphatic heterocycles. The van der Waals surface area contributed by atoms with Crippen molar-refractivity contribution in [1.29, 1.82) is 0 Å². The molecule has 446 valence electrons. The second-order valence-electron chi connectivity index (χ2n) is 16.4. The Labute approximate surface area is 455 Å². The van der Waals surface area contributed by atoms with Gasteiger partial charge < -0.3 is 111 Å². The lowest BCUT2D eigenvalue weighted by Crippen LogP contribution is -2.53. The van der Waals surface area contributed by atoms with Gasteiger partial charge in [-0.2, -0.15) is 0 Å². The van der Waals surface area contributed by atoms with E-state index in [1.54, 1.807) is 39.2 Å². The Kier molecular flexibility index (Phi) is 51.5. The molecule has 0 bridgehead atoms. The Morgan fingerprint density at radius 1 is 0.506 bits per heavy atom. The molecule has 1 aromatic carbocycles. The lowest BCUT2D eigenvalue weighted by Gasteiger charge is -2.22. The molecule has 0 saturated heterocycles. The van der Waals surface area contributed by atoms with E-state index in [4.69, 9.17) is 85.6 Å². The van der Waals surface area contributed by atoms with Crippen LogP contribution in [-0.2, 0) is 96.7 Å². The standard InChI is InChI=1S/C52H91N3O22/c1-45(2)50(55-52(59)60)51(58)54-49(44-57)42-53-48-7-6-47(43-56)46(41-48)5-4-8-62-11-12-64-15-16-66-19-20-68-23-24-70-27-28-72-31-32-74-35-36-76-39-40-77-38-37-75-34-33-73-30-29-71-26-25-69-22-21-67-18-17-65-14-13-63-10-9-61-3/h6-7,41,44-45,49-50,53,55-56H,8-40,42-43H2,1-3H3,(H,54,58)(H,59,60)/t49-,50-/m0/s1. The van der Waals surface area contributed by atoms with Crippen LogP contribution >= 0.6 is 0 Å². The number of carbonyl (C=O) groups is 3. The van der Waals surface area contributed by atoms with Crippen molar-refractivity contribution in [3.05, 3.63) is 29.3 Å². The van der Waals surface area contributed by atoms with Gasteiger partial charge in [-0.3, -0.25) is 4.79 Å². The number of carboxylic acid groups (broad SMARTS) is 1. The Balaban J connectivity index is 1.81. The third-order valence-electron chi connectivity index (χ3n) is 9.94. The number of rotatable bonds is 58. The van der Waals surface area contributed by atoms with Crippen LogP contribution in [-0.4, -0.2) is 272 Å². The number of hydrogen-bond acceptors (Lipinski definition) is 22. The Bertz CT molecular complexity index is 1580. The molecule has 0 aliphatic carbocycles. The summed E-state index contributed by atoms with van der Waals surface area (Å²) in [6, 6.07) is 3.20. The summed E-state index contributed by atoms with van der Waals surface area (Å²) in [6.45, 7) is 18.5. The number of methoxy groups -OCH3 is 1. The fourth-order valence-electron chi connectivity index (χ4n) is 5.94. The zero-order valence-corrected chi connectivity index (χ0v) is 45.8. The highest BCUT2D eigenvalue weighted by atomic mass is 16.6. The molecule has 0 aromatic heterocycles. The van der Waals surface area contributed by atoms with Gasteiger partial charge >= 0.3 is 6.09 Å². The SMILES string of the molecule is COCCOCCOCCOCCOCCOCCOCCOCCOCCOCCOCCOCCOCCOCCOCCOCCOCC#Cc1cc(NC[C@@H](C=O)NC(=O)[C@@H](NC(=O)O)C(C)C)ccc1CO. The number of anilines is 1. The van der Waals surface area contributed by atoms with Gasteiger partial charge in [-0.05, 0) is 23.6 Å². The maximum Gasteiger partial charge on any atom is 0.405 e. The average molecular weight is 1110 g/mol. The molecule has 77 heavy (non-hydrogen) atoms. The first-order valence-electron chi connectivity index (χ1n) is 26.3. The van der Waals surface area contributed by atoms with E-state index in [0.717, 1.165) is 0 Å². The number of benzene rings is 1. The Morgan fingerprint density at radius 3 is 1.12 bits per heavy atom. The fraction of sp³-hybridized carbons (Fsp3) is 0.788. The van der Waals surface area contributed by atoms with E-state index in [9.17, 15) is 19.5 Å². The summed E-state index contributed by atoms with van der Waals surface area (Å²) in [5.74, 6) is 4.97. The molecule has 0 fully saturated rings. The van der Waals surface area contributed by atoms with Gasteiger partial charge in [0.15, 0.2) is 0 Å². The summed E-state index contributed by atoms with van der Waals surface area (Å²) in [5, 5.41) is 26.6. The number of aliphatic hydroxyl groups is 1. The summed E-state index contributed by atoms with van der Waals surface area (Å²) in [4.78, 5) is 35.3. The van der Waals surface area contributed by atoms with Crippen molar-refractivity contribution in [2.24, 2.45) is 5.92 Å². The quantitative estimate of drug-likeness (QED) is 0.0343. The molecular formula is C52H91N3O22. The largest absolute Gasteiger partial charge is 0.465 e. The summed E-state index contributed by atoms with van der Waals surface area (Å²) < 4.78 is 92.7. The molecule has 0 unspecified atom stereocenters. The minimum atomic E-state index is -1.33. The number of nitrogens with one attached hydrogen (secondary N) is 3. The molecule has 2 atom stereocenters. The molecule has 0 heterocycles. The first-order valence-corrected chi connectivity index (χ1v) is 26.3. The summed E-state index contributed by atoms with van der Waals surface area (Å²) >= 11 is 0. The topological polar surface area (TPSA) is 285 Å². The van der Waals surface area contributed by atoms with E-state index in [2.05, 4.69) is 27.8 Å². The zero-order chi connectivity index (χ0) is 55.8. The van der Waals surface area contributed by atoms with Crippen LogP contribution in [0.1, 0.15) is 25.0 Å². The van der Waals surface area contributed by atoms with E-state index in [-0.39, 0.29) is 25.7 Å². The minimum Gasteiger partial charge on any atom is -0.465 e. The van der Waals surface area contributed by atoms with Gasteiger partial charge in [0.25, 0.3) is 0 Å². The smallest absolute Gasteiger partial charge is 0.405 e. The predicted octanol–water partition coefficient (Wildman–Crippen LogP) is 0.830. The van der Waals surface area contributed by atoms with Crippen molar-refractivity contribution in [2.45, 2.75) is 32.5 Å². The number of hydrogen-bond donors (Lipinski definition) is 5. The maximum atomic E-state index is 12.6. The van der Waals surface area contributed by atoms with E-state index >= 15 is 0 Å². The van der Waals surface area contributed by atoms with Crippen LogP contribution in [0.5, 0.6) is 0 Å². The van der Waals surface area contributed by atoms with Crippen LogP contribution in [0.25, 0.3) is 0 Å². The maximum absolute atomic E-state index is 12.6. The molecule has 1 rings (SSSR count). The van der Waals surface area contributed by atoms with Crippen LogP contribution in [0.15, 0.2) is 18.2 Å². The van der Waals surface area contributed by atoms with E-state index in [1.165, 1.54) is 0 Å². The van der Waals surface area contributed by atoms with E-state index in [1.807, 2.05) is 0 Å². The van der Waals surface area contributed by atoms with Crippen molar-refractivity contribution >= 4 is 24.0 Å². The Hall–Kier alpha value is -3.73. The Morgan fingerprint density at radius 2 is 0.831 bits per heavy atom. The summed E-state index contributed by atoms with van der Waals surface area (Å²) in [5.41, 5.74) is 1.78. The monoisotopic (exact) mass is 1110 g/mol. The first kappa shape index (κ1) is 71.3. The van der Waals surface area contributed by atoms with Gasteiger partial charge in [0.05, 0.1) is 218 Å². The molecule has 0 spiro atoms. The first-order chi connectivity index (χ1) is 37.8. The third-order valence-corrected chi connectivity index (χ3v) is 9.94. The van der Waals surface area contributed by atoms with Gasteiger partial charge in [0, 0.05) is 24.9 Å². The lowest BCUT2D eigenvalue weighted by molar-refractivity contribution is -0.126. The van der Waals surface area contributed by atoms with Crippen molar-refractivity contribution in [1.82, 2.24) is 10.6 Å². The number of aliphatic hydroxyl groups excluding tert-OH is 1. The molecule has 25 nitrogen and oxygen atoms in total. The minimum absolute atomic E-state index is 0.0470. The number of aldehydes is 1. The van der Waals surface area contributed by atoms with Gasteiger partial charge in [-0.1, -0.05) is 31.8 Å². The summed E-state index contributed by atoms with van der Waals surface area (Å²) in [6.07, 6.45) is -0.768. The lowest BCUT2D eigenvalue weighted by atomic mass is 10.0. The van der Waals surface area contributed by atoms with Crippen molar-refractivity contribution < 1.29 is 105 Å². The van der Waals surface area contributed by atoms with Crippen LogP contribution < -0.4 is 16.0 Å². The van der Waals surface area contributed by atoms with Crippen LogP contribution in [0.3, 0.4) is 0 Å². The normalized spacial score (nSPS) is 12.1. The van der Waals surface area contributed by atoms with Gasteiger partial charge in [0.1, 0.15) is 25.0 Å². The molecular weight excluding hydrogens is 1020 g/mol. The van der Waals surface area contributed by atoms with E-state index in [0.29, 0.717) is 235 Å². The van der Waals surface area contributed by atoms with Crippen LogP contribution in [0, 0.1) is 17.8 Å².